The summed E-state index contributed by atoms with van der Waals surface area (Å²) in [7, 11) is -1.28. The monoisotopic (exact) mass is 594 g/mol. The van der Waals surface area contributed by atoms with Crippen molar-refractivity contribution in [1.82, 2.24) is 9.80 Å². The van der Waals surface area contributed by atoms with E-state index in [1.165, 1.54) is 38.7 Å². The average molecular weight is 595 g/mol. The minimum absolute atomic E-state index is 0.0631. The molecule has 0 spiro atoms. The quantitative estimate of drug-likeness (QED) is 0.159. The summed E-state index contributed by atoms with van der Waals surface area (Å²) < 4.78 is 33.6. The van der Waals surface area contributed by atoms with Gasteiger partial charge in [-0.15, -0.1) is 0 Å². The Balaban J connectivity index is 1.58. The van der Waals surface area contributed by atoms with Gasteiger partial charge in [0.25, 0.3) is 0 Å². The van der Waals surface area contributed by atoms with Gasteiger partial charge in [-0.2, -0.15) is 4.76 Å². The van der Waals surface area contributed by atoms with Crippen molar-refractivity contribution in [2.24, 2.45) is 4.76 Å². The van der Waals surface area contributed by atoms with E-state index in [-0.39, 0.29) is 25.1 Å². The van der Waals surface area contributed by atoms with Gasteiger partial charge in [-0.3, -0.25) is 24.1 Å². The maximum Gasteiger partial charge on any atom is 0.454 e. The normalized spacial score (nSPS) is 18.9. The molecule has 0 radical (unpaired) electrons. The van der Waals surface area contributed by atoms with Crippen molar-refractivity contribution in [3.05, 3.63) is 105 Å². The van der Waals surface area contributed by atoms with Gasteiger partial charge in [-0.25, -0.2) is 4.57 Å². The highest BCUT2D eigenvalue weighted by molar-refractivity contribution is 7.52. The molecule has 2 aliphatic rings. The number of rotatable bonds is 11. The lowest BCUT2D eigenvalue weighted by atomic mass is 9.90. The summed E-state index contributed by atoms with van der Waals surface area (Å²) in [4.78, 5) is 15.1. The summed E-state index contributed by atoms with van der Waals surface area (Å²) in [5.41, 5.74) is 4.82. The lowest BCUT2D eigenvalue weighted by Crippen LogP contribution is -2.36. The topological polar surface area (TPSA) is 131 Å². The van der Waals surface area contributed by atoms with Crippen LogP contribution >= 0.6 is 7.75 Å². The third-order valence-corrected chi connectivity index (χ3v) is 9.06. The molecule has 1 aromatic heterocycles. The molecule has 0 bridgehead atoms. The van der Waals surface area contributed by atoms with Crippen LogP contribution < -0.4 is 0 Å². The molecular weight excluding hydrogens is 559 g/mol. The molecule has 12 heteroatoms. The summed E-state index contributed by atoms with van der Waals surface area (Å²) in [6.07, 6.45) is 4.86. The third kappa shape index (κ3) is 6.88. The summed E-state index contributed by atoms with van der Waals surface area (Å²) in [6, 6.07) is 18.5. The van der Waals surface area contributed by atoms with E-state index in [1.54, 1.807) is 6.07 Å². The SMILES string of the molecule is COP(=O)(/N=C1/CC(c2ccc(CO)cc2)=CC(c2ccc(CN3CCCC3)cc2)N1Cc1ccc([N+](=O)[O-])o1)OC. The van der Waals surface area contributed by atoms with Crippen LogP contribution in [0.25, 0.3) is 5.57 Å². The van der Waals surface area contributed by atoms with Gasteiger partial charge in [0.15, 0.2) is 0 Å². The van der Waals surface area contributed by atoms with Crippen LogP contribution in [-0.4, -0.2) is 53.0 Å². The van der Waals surface area contributed by atoms with Crippen molar-refractivity contribution in [2.45, 2.75) is 45.0 Å². The standard InChI is InChI=1S/C30H35N4O7P/c1-39-42(38,40-2)31-29-18-26(24-9-7-23(21-35)8-10-24)17-28(33(29)20-27-13-14-30(41-27)34(36)37)25-11-5-22(6-12-25)19-32-15-3-4-16-32/h5-14,17,28,35H,3-4,15-16,18-21H2,1-2H3/b31-29-. The maximum absolute atomic E-state index is 13.3. The van der Waals surface area contributed by atoms with Crippen molar-refractivity contribution in [3.8, 4) is 0 Å². The first kappa shape index (κ1) is 29.9. The third-order valence-electron chi connectivity index (χ3n) is 7.66. The molecule has 222 valence electrons. The molecule has 0 saturated carbocycles. The molecule has 3 heterocycles. The van der Waals surface area contributed by atoms with Crippen molar-refractivity contribution < 1.29 is 28.1 Å². The Morgan fingerprint density at radius 3 is 2.26 bits per heavy atom. The van der Waals surface area contributed by atoms with Crippen molar-refractivity contribution >= 4 is 25.0 Å². The van der Waals surface area contributed by atoms with E-state index in [0.29, 0.717) is 18.0 Å². The Kier molecular flexibility index (Phi) is 9.35. The molecule has 1 N–H and O–H groups in total. The zero-order valence-electron chi connectivity index (χ0n) is 23.7. The molecule has 0 amide bonds. The van der Waals surface area contributed by atoms with E-state index >= 15 is 0 Å². The zero-order valence-corrected chi connectivity index (χ0v) is 24.6. The Hall–Kier alpha value is -3.60. The minimum atomic E-state index is -3.83. The van der Waals surface area contributed by atoms with Crippen LogP contribution in [0.3, 0.4) is 0 Å². The number of likely N-dealkylation sites (tertiary alicyclic amines) is 1. The van der Waals surface area contributed by atoms with Gasteiger partial charge in [0.05, 0.1) is 25.3 Å². The Labute approximate surface area is 244 Å². The minimum Gasteiger partial charge on any atom is -0.404 e. The van der Waals surface area contributed by atoms with E-state index in [2.05, 4.69) is 40.0 Å². The van der Waals surface area contributed by atoms with E-state index in [4.69, 9.17) is 13.5 Å². The van der Waals surface area contributed by atoms with E-state index in [9.17, 15) is 19.8 Å². The first-order valence-electron chi connectivity index (χ1n) is 13.8. The van der Waals surface area contributed by atoms with Gasteiger partial charge >= 0.3 is 13.6 Å². The molecule has 1 fully saturated rings. The van der Waals surface area contributed by atoms with Gasteiger partial charge in [-0.1, -0.05) is 54.6 Å². The lowest BCUT2D eigenvalue weighted by Gasteiger charge is -2.37. The predicted octanol–water partition coefficient (Wildman–Crippen LogP) is 6.11. The van der Waals surface area contributed by atoms with Gasteiger partial charge in [0.1, 0.15) is 16.5 Å². The predicted molar refractivity (Wildman–Crippen MR) is 159 cm³/mol. The number of benzene rings is 2. The van der Waals surface area contributed by atoms with Crippen LogP contribution in [0.2, 0.25) is 0 Å². The second kappa shape index (κ2) is 13.1. The van der Waals surface area contributed by atoms with Crippen molar-refractivity contribution in [3.63, 3.8) is 0 Å². The van der Waals surface area contributed by atoms with Crippen LogP contribution in [-0.2, 0) is 33.3 Å². The molecule has 1 unspecified atom stereocenters. The number of aliphatic hydroxyl groups is 1. The molecule has 42 heavy (non-hydrogen) atoms. The van der Waals surface area contributed by atoms with Crippen molar-refractivity contribution in [1.29, 1.82) is 0 Å². The summed E-state index contributed by atoms with van der Waals surface area (Å²) in [6.45, 7) is 3.17. The Bertz CT molecular complexity index is 1490. The fourth-order valence-electron chi connectivity index (χ4n) is 5.39. The van der Waals surface area contributed by atoms with Gasteiger partial charge in [0.2, 0.25) is 0 Å². The largest absolute Gasteiger partial charge is 0.454 e. The molecular formula is C30H35N4O7P. The molecule has 2 aliphatic heterocycles. The second-order valence-corrected chi connectivity index (χ2v) is 12.2. The van der Waals surface area contributed by atoms with E-state index in [0.717, 1.165) is 41.9 Å². The van der Waals surface area contributed by atoms with Gasteiger partial charge in [0, 0.05) is 27.2 Å². The number of furan rings is 1. The molecule has 2 aromatic carbocycles. The summed E-state index contributed by atoms with van der Waals surface area (Å²) in [5, 5.41) is 20.8. The molecule has 1 saturated heterocycles. The first-order chi connectivity index (χ1) is 20.3. The molecule has 1 atom stereocenters. The fraction of sp³-hybridized carbons (Fsp3) is 0.367. The fourth-order valence-corrected chi connectivity index (χ4v) is 6.17. The Morgan fingerprint density at radius 2 is 1.67 bits per heavy atom. The summed E-state index contributed by atoms with van der Waals surface area (Å²) >= 11 is 0. The van der Waals surface area contributed by atoms with E-state index in [1.807, 2.05) is 29.2 Å². The van der Waals surface area contributed by atoms with E-state index < -0.39 is 12.7 Å². The highest BCUT2D eigenvalue weighted by atomic mass is 31.2. The highest BCUT2D eigenvalue weighted by Crippen LogP contribution is 2.50. The highest BCUT2D eigenvalue weighted by Gasteiger charge is 2.33. The number of aliphatic hydroxyl groups excluding tert-OH is 1. The number of nitrogens with zero attached hydrogens (tertiary/aromatic N) is 4. The molecule has 3 aromatic rings. The first-order valence-corrected chi connectivity index (χ1v) is 15.3. The van der Waals surface area contributed by atoms with Crippen molar-refractivity contribution in [2.75, 3.05) is 27.3 Å². The Morgan fingerprint density at radius 1 is 1.00 bits per heavy atom. The smallest absolute Gasteiger partial charge is 0.404 e. The number of amidine groups is 1. The lowest BCUT2D eigenvalue weighted by molar-refractivity contribution is -0.402. The van der Waals surface area contributed by atoms with Crippen LogP contribution in [0.4, 0.5) is 5.88 Å². The number of nitro groups is 1. The van der Waals surface area contributed by atoms with Crippen LogP contribution in [0, 0.1) is 10.1 Å². The van der Waals surface area contributed by atoms with Crippen LogP contribution in [0.5, 0.6) is 0 Å². The van der Waals surface area contributed by atoms with Gasteiger partial charge < -0.3 is 14.4 Å². The van der Waals surface area contributed by atoms with Crippen LogP contribution in [0.1, 0.15) is 53.3 Å². The molecule has 5 rings (SSSR count). The molecule has 0 aliphatic carbocycles. The average Bonchev–Trinajstić information content (AvgIpc) is 3.71. The number of hydrogen-bond acceptors (Lipinski definition) is 8. The second-order valence-electron chi connectivity index (χ2n) is 10.4. The maximum atomic E-state index is 13.3. The van der Waals surface area contributed by atoms with Crippen LogP contribution in [0.15, 0.2) is 75.9 Å². The van der Waals surface area contributed by atoms with Gasteiger partial charge in [-0.05, 0) is 59.8 Å². The molecule has 11 nitrogen and oxygen atoms in total. The summed E-state index contributed by atoms with van der Waals surface area (Å²) in [5.74, 6) is 0.429. The zero-order chi connectivity index (χ0) is 29.7. The number of hydrogen-bond donors (Lipinski definition) is 1.